The summed E-state index contributed by atoms with van der Waals surface area (Å²) in [6, 6.07) is 0. The number of ether oxygens (including phenoxy) is 1. The first kappa shape index (κ1) is 11.0. The van der Waals surface area contributed by atoms with Crippen molar-refractivity contribution in [2.24, 2.45) is 5.92 Å². The second kappa shape index (κ2) is 4.55. The Balaban J connectivity index is 1.99. The molecular weight excluding hydrogens is 210 g/mol. The van der Waals surface area contributed by atoms with Gasteiger partial charge in [0, 0.05) is 0 Å². The molecule has 16 heavy (non-hydrogen) atoms. The fraction of sp³-hybridized carbons (Fsp3) is 0.636. The number of aromatic carboxylic acids is 1. The summed E-state index contributed by atoms with van der Waals surface area (Å²) in [5.74, 6) is -0.635. The molecule has 2 rings (SSSR count). The van der Waals surface area contributed by atoms with Gasteiger partial charge in [-0.3, -0.25) is 0 Å². The Labute approximate surface area is 93.4 Å². The molecule has 0 radical (unpaired) electrons. The van der Waals surface area contributed by atoms with Crippen LogP contribution in [0.3, 0.4) is 0 Å². The summed E-state index contributed by atoms with van der Waals surface area (Å²) < 4.78 is 10.5. The van der Waals surface area contributed by atoms with Crippen LogP contribution in [0, 0.1) is 5.92 Å². The van der Waals surface area contributed by atoms with Crippen LogP contribution in [0.1, 0.15) is 43.1 Å². The van der Waals surface area contributed by atoms with Gasteiger partial charge in [-0.2, -0.15) is 4.98 Å². The average molecular weight is 225 g/mol. The maximum Gasteiger partial charge on any atom is 0.394 e. The summed E-state index contributed by atoms with van der Waals surface area (Å²) in [5, 5.41) is 8.68. The third-order valence-corrected chi connectivity index (χ3v) is 2.99. The fourth-order valence-corrected chi connectivity index (χ4v) is 2.00. The lowest BCUT2D eigenvalue weighted by Crippen LogP contribution is -2.28. The molecular formula is C11H15NO4. The predicted octanol–water partition coefficient (Wildman–Crippen LogP) is 2.33. The van der Waals surface area contributed by atoms with E-state index in [9.17, 15) is 4.79 Å². The number of hydrogen-bond acceptors (Lipinski definition) is 4. The minimum absolute atomic E-state index is 0.0659. The highest BCUT2D eigenvalue weighted by Gasteiger charge is 2.25. The summed E-state index contributed by atoms with van der Waals surface area (Å²) in [6.07, 6.45) is 5.74. The van der Waals surface area contributed by atoms with Crippen molar-refractivity contribution in [1.82, 2.24) is 4.98 Å². The topological polar surface area (TPSA) is 72.6 Å². The van der Waals surface area contributed by atoms with Gasteiger partial charge in [-0.15, -0.1) is 0 Å². The monoisotopic (exact) mass is 225 g/mol. The van der Waals surface area contributed by atoms with E-state index < -0.39 is 5.97 Å². The molecule has 0 aliphatic heterocycles. The Hall–Kier alpha value is -1.52. The molecule has 2 unspecified atom stereocenters. The van der Waals surface area contributed by atoms with E-state index in [1.165, 1.54) is 6.42 Å². The van der Waals surface area contributed by atoms with Crippen molar-refractivity contribution in [1.29, 1.82) is 0 Å². The molecule has 0 saturated heterocycles. The number of oxazole rings is 1. The third kappa shape index (κ3) is 2.35. The fourth-order valence-electron chi connectivity index (χ4n) is 2.00. The van der Waals surface area contributed by atoms with Gasteiger partial charge in [-0.1, -0.05) is 13.3 Å². The average Bonchev–Trinajstić information content (AvgIpc) is 2.70. The zero-order valence-electron chi connectivity index (χ0n) is 9.18. The van der Waals surface area contributed by atoms with Gasteiger partial charge in [-0.05, 0) is 25.2 Å². The van der Waals surface area contributed by atoms with Crippen LogP contribution < -0.4 is 4.74 Å². The van der Waals surface area contributed by atoms with Gasteiger partial charge in [0.25, 0.3) is 0 Å². The van der Waals surface area contributed by atoms with Crippen LogP contribution >= 0.6 is 0 Å². The molecule has 0 amide bonds. The quantitative estimate of drug-likeness (QED) is 0.854. The summed E-state index contributed by atoms with van der Waals surface area (Å²) in [7, 11) is 0. The Bertz CT molecular complexity index is 374. The summed E-state index contributed by atoms with van der Waals surface area (Å²) in [5.41, 5.74) is -0.113. The Morgan fingerprint density at radius 3 is 2.94 bits per heavy atom. The molecule has 88 valence electrons. The lowest BCUT2D eigenvalue weighted by molar-refractivity contribution is 0.0675. The lowest BCUT2D eigenvalue weighted by atomic mass is 9.88. The van der Waals surface area contributed by atoms with Crippen molar-refractivity contribution < 1.29 is 19.1 Å². The zero-order chi connectivity index (χ0) is 11.5. The predicted molar refractivity (Wildman–Crippen MR) is 55.5 cm³/mol. The molecule has 5 nitrogen and oxygen atoms in total. The molecule has 0 aromatic carbocycles. The van der Waals surface area contributed by atoms with Crippen LogP contribution in [-0.4, -0.2) is 22.2 Å². The first-order chi connectivity index (χ1) is 7.66. The largest absolute Gasteiger partial charge is 0.476 e. The molecule has 1 N–H and O–H groups in total. The molecule has 1 heterocycles. The van der Waals surface area contributed by atoms with Crippen molar-refractivity contribution in [3.63, 3.8) is 0 Å². The van der Waals surface area contributed by atoms with E-state index in [0.29, 0.717) is 5.92 Å². The van der Waals surface area contributed by atoms with Crippen LogP contribution in [-0.2, 0) is 0 Å². The maximum atomic E-state index is 10.6. The van der Waals surface area contributed by atoms with E-state index in [0.717, 1.165) is 25.5 Å². The number of aromatic nitrogens is 1. The number of nitrogens with zero attached hydrogens (tertiary/aromatic N) is 1. The van der Waals surface area contributed by atoms with Crippen LogP contribution in [0.5, 0.6) is 6.08 Å². The lowest BCUT2D eigenvalue weighted by Gasteiger charge is -2.27. The van der Waals surface area contributed by atoms with Crippen LogP contribution in [0.4, 0.5) is 0 Å². The van der Waals surface area contributed by atoms with E-state index in [2.05, 4.69) is 11.9 Å². The molecule has 1 aromatic rings. The van der Waals surface area contributed by atoms with Crippen LogP contribution in [0.2, 0.25) is 0 Å². The van der Waals surface area contributed by atoms with E-state index in [-0.39, 0.29) is 17.9 Å². The minimum atomic E-state index is -1.10. The normalized spacial score (nSPS) is 25.3. The number of hydrogen-bond donors (Lipinski definition) is 1. The number of rotatable bonds is 3. The second-order valence-electron chi connectivity index (χ2n) is 4.22. The highest BCUT2D eigenvalue weighted by Crippen LogP contribution is 2.27. The van der Waals surface area contributed by atoms with Gasteiger partial charge in [0.05, 0.1) is 0 Å². The first-order valence-electron chi connectivity index (χ1n) is 5.52. The summed E-state index contributed by atoms with van der Waals surface area (Å²) in [4.78, 5) is 14.3. The second-order valence-corrected chi connectivity index (χ2v) is 4.22. The van der Waals surface area contributed by atoms with E-state index >= 15 is 0 Å². The van der Waals surface area contributed by atoms with Gasteiger partial charge in [0.2, 0.25) is 0 Å². The van der Waals surface area contributed by atoms with Crippen LogP contribution in [0.25, 0.3) is 0 Å². The maximum absolute atomic E-state index is 10.6. The molecule has 0 bridgehead atoms. The molecule has 1 aromatic heterocycles. The molecule has 1 fully saturated rings. The standard InChI is InChI=1S/C11H15NO4/c1-7-4-2-3-5-9(7)16-11-12-8(6-15-11)10(13)14/h6-7,9H,2-5H2,1H3,(H,13,14). The van der Waals surface area contributed by atoms with Crippen molar-refractivity contribution in [2.45, 2.75) is 38.7 Å². The highest BCUT2D eigenvalue weighted by molar-refractivity contribution is 5.84. The first-order valence-corrected chi connectivity index (χ1v) is 5.52. The minimum Gasteiger partial charge on any atom is -0.476 e. The number of carbonyl (C=O) groups is 1. The molecule has 1 saturated carbocycles. The summed E-state index contributed by atoms with van der Waals surface area (Å²) in [6.45, 7) is 2.13. The number of carboxylic acid groups (broad SMARTS) is 1. The van der Waals surface area contributed by atoms with E-state index in [1.54, 1.807) is 0 Å². The summed E-state index contributed by atoms with van der Waals surface area (Å²) >= 11 is 0. The zero-order valence-corrected chi connectivity index (χ0v) is 9.18. The van der Waals surface area contributed by atoms with E-state index in [1.807, 2.05) is 0 Å². The molecule has 5 heteroatoms. The third-order valence-electron chi connectivity index (χ3n) is 2.99. The van der Waals surface area contributed by atoms with Crippen LogP contribution in [0.15, 0.2) is 10.7 Å². The molecule has 1 aliphatic rings. The van der Waals surface area contributed by atoms with Crippen molar-refractivity contribution >= 4 is 5.97 Å². The van der Waals surface area contributed by atoms with Gasteiger partial charge in [-0.25, -0.2) is 4.79 Å². The van der Waals surface area contributed by atoms with Gasteiger partial charge in [0.15, 0.2) is 5.69 Å². The SMILES string of the molecule is CC1CCCCC1Oc1nc(C(=O)O)co1. The molecule has 2 atom stereocenters. The Kier molecular flexibility index (Phi) is 3.12. The Morgan fingerprint density at radius 1 is 1.56 bits per heavy atom. The highest BCUT2D eigenvalue weighted by atomic mass is 16.6. The Morgan fingerprint density at radius 2 is 2.31 bits per heavy atom. The van der Waals surface area contributed by atoms with Crippen molar-refractivity contribution in [3.05, 3.63) is 12.0 Å². The number of carboxylic acids is 1. The molecule has 0 spiro atoms. The van der Waals surface area contributed by atoms with E-state index in [4.69, 9.17) is 14.3 Å². The smallest absolute Gasteiger partial charge is 0.394 e. The van der Waals surface area contributed by atoms with Crippen molar-refractivity contribution in [3.8, 4) is 6.08 Å². The molecule has 1 aliphatic carbocycles. The van der Waals surface area contributed by atoms with Gasteiger partial charge >= 0.3 is 12.0 Å². The van der Waals surface area contributed by atoms with Crippen molar-refractivity contribution in [2.75, 3.05) is 0 Å². The van der Waals surface area contributed by atoms with Gasteiger partial charge in [0.1, 0.15) is 12.4 Å². The van der Waals surface area contributed by atoms with Gasteiger partial charge < -0.3 is 14.3 Å².